The van der Waals surface area contributed by atoms with Crippen LogP contribution in [0.3, 0.4) is 0 Å². The van der Waals surface area contributed by atoms with E-state index in [-0.39, 0.29) is 6.04 Å². The van der Waals surface area contributed by atoms with Gasteiger partial charge in [-0.25, -0.2) is 0 Å². The van der Waals surface area contributed by atoms with E-state index in [2.05, 4.69) is 11.8 Å². The summed E-state index contributed by atoms with van der Waals surface area (Å²) in [6.45, 7) is 4.60. The van der Waals surface area contributed by atoms with Gasteiger partial charge in [-0.3, -0.25) is 4.90 Å². The molecule has 84 valence electrons. The Bertz CT molecular complexity index is 278. The van der Waals surface area contributed by atoms with Gasteiger partial charge in [-0.15, -0.1) is 11.6 Å². The van der Waals surface area contributed by atoms with Crippen LogP contribution in [-0.2, 0) is 0 Å². The molecule has 0 amide bonds. The van der Waals surface area contributed by atoms with Gasteiger partial charge in [0.15, 0.2) is 0 Å². The molecule has 1 aromatic rings. The fourth-order valence-corrected chi connectivity index (χ4v) is 2.52. The molecule has 1 saturated heterocycles. The van der Waals surface area contributed by atoms with Gasteiger partial charge < -0.3 is 4.42 Å². The second-order valence-corrected chi connectivity index (χ2v) is 4.71. The summed E-state index contributed by atoms with van der Waals surface area (Å²) >= 11 is 6.03. The lowest BCUT2D eigenvalue weighted by Gasteiger charge is -2.34. The highest BCUT2D eigenvalue weighted by molar-refractivity contribution is 6.18. The van der Waals surface area contributed by atoms with Crippen LogP contribution in [-0.4, -0.2) is 23.9 Å². The molecule has 1 aliphatic rings. The van der Waals surface area contributed by atoms with Gasteiger partial charge in [0, 0.05) is 5.88 Å². The van der Waals surface area contributed by atoms with Crippen LogP contribution >= 0.6 is 11.6 Å². The van der Waals surface area contributed by atoms with E-state index in [0.29, 0.717) is 5.88 Å². The van der Waals surface area contributed by atoms with Crippen LogP contribution in [0.4, 0.5) is 0 Å². The van der Waals surface area contributed by atoms with Gasteiger partial charge in [-0.05, 0) is 44.0 Å². The number of hydrogen-bond acceptors (Lipinski definition) is 2. The minimum absolute atomic E-state index is 0.258. The topological polar surface area (TPSA) is 16.4 Å². The summed E-state index contributed by atoms with van der Waals surface area (Å²) < 4.78 is 5.44. The SMILES string of the molecule is CC1CCN(C(CCl)c2ccco2)CC1. The van der Waals surface area contributed by atoms with E-state index < -0.39 is 0 Å². The summed E-state index contributed by atoms with van der Waals surface area (Å²) in [5.74, 6) is 2.47. The molecule has 1 atom stereocenters. The molecule has 1 fully saturated rings. The smallest absolute Gasteiger partial charge is 0.122 e. The molecule has 2 nitrogen and oxygen atoms in total. The van der Waals surface area contributed by atoms with Gasteiger partial charge in [-0.1, -0.05) is 6.92 Å². The third-order valence-corrected chi connectivity index (χ3v) is 3.57. The molecule has 0 aliphatic carbocycles. The van der Waals surface area contributed by atoms with Crippen LogP contribution in [0.25, 0.3) is 0 Å². The van der Waals surface area contributed by atoms with Crippen molar-refractivity contribution >= 4 is 11.6 Å². The second-order valence-electron chi connectivity index (χ2n) is 4.40. The van der Waals surface area contributed by atoms with Gasteiger partial charge in [0.2, 0.25) is 0 Å². The Hall–Kier alpha value is -0.470. The van der Waals surface area contributed by atoms with Crippen LogP contribution in [0.1, 0.15) is 31.6 Å². The Kier molecular flexibility index (Phi) is 3.71. The monoisotopic (exact) mass is 227 g/mol. The highest BCUT2D eigenvalue weighted by Crippen LogP contribution is 2.27. The van der Waals surface area contributed by atoms with E-state index in [1.165, 1.54) is 12.8 Å². The first-order valence-corrected chi connectivity index (χ1v) is 6.18. The summed E-state index contributed by atoms with van der Waals surface area (Å²) in [6.07, 6.45) is 4.27. The van der Waals surface area contributed by atoms with Crippen molar-refractivity contribution in [3.63, 3.8) is 0 Å². The highest BCUT2D eigenvalue weighted by atomic mass is 35.5. The van der Waals surface area contributed by atoms with Gasteiger partial charge in [0.1, 0.15) is 5.76 Å². The zero-order valence-corrected chi connectivity index (χ0v) is 9.91. The molecule has 0 aromatic carbocycles. The molecule has 0 bridgehead atoms. The molecule has 0 saturated carbocycles. The third-order valence-electron chi connectivity index (χ3n) is 3.28. The van der Waals surface area contributed by atoms with Crippen molar-refractivity contribution in [3.8, 4) is 0 Å². The molecule has 0 spiro atoms. The first-order valence-electron chi connectivity index (χ1n) is 5.64. The van der Waals surface area contributed by atoms with Crippen molar-refractivity contribution in [3.05, 3.63) is 24.2 Å². The van der Waals surface area contributed by atoms with Crippen LogP contribution in [0.15, 0.2) is 22.8 Å². The van der Waals surface area contributed by atoms with E-state index >= 15 is 0 Å². The fraction of sp³-hybridized carbons (Fsp3) is 0.667. The van der Waals surface area contributed by atoms with Gasteiger partial charge in [-0.2, -0.15) is 0 Å². The van der Waals surface area contributed by atoms with E-state index in [4.69, 9.17) is 16.0 Å². The number of piperidine rings is 1. The number of furan rings is 1. The first-order chi connectivity index (χ1) is 7.31. The molecule has 2 heterocycles. The maximum atomic E-state index is 6.03. The van der Waals surface area contributed by atoms with Crippen LogP contribution < -0.4 is 0 Å². The maximum absolute atomic E-state index is 6.03. The Balaban J connectivity index is 2.01. The van der Waals surface area contributed by atoms with Crippen molar-refractivity contribution in [2.75, 3.05) is 19.0 Å². The Morgan fingerprint density at radius 2 is 2.27 bits per heavy atom. The van der Waals surface area contributed by atoms with Gasteiger partial charge in [0.25, 0.3) is 0 Å². The molecule has 2 rings (SSSR count). The molecule has 1 unspecified atom stereocenters. The minimum atomic E-state index is 0.258. The summed E-state index contributed by atoms with van der Waals surface area (Å²) in [7, 11) is 0. The lowest BCUT2D eigenvalue weighted by Crippen LogP contribution is -2.36. The zero-order valence-electron chi connectivity index (χ0n) is 9.16. The molecule has 3 heteroatoms. The van der Waals surface area contributed by atoms with Crippen LogP contribution in [0, 0.1) is 5.92 Å². The number of hydrogen-bond donors (Lipinski definition) is 0. The summed E-state index contributed by atoms with van der Waals surface area (Å²) in [6, 6.07) is 4.21. The summed E-state index contributed by atoms with van der Waals surface area (Å²) in [5.41, 5.74) is 0. The number of alkyl halides is 1. The normalized spacial score (nSPS) is 21.7. The molecular formula is C12H18ClNO. The second kappa shape index (κ2) is 5.04. The van der Waals surface area contributed by atoms with Crippen LogP contribution in [0.2, 0.25) is 0 Å². The van der Waals surface area contributed by atoms with E-state index in [1.807, 2.05) is 12.1 Å². The molecule has 0 N–H and O–H groups in total. The average Bonchev–Trinajstić information content (AvgIpc) is 2.75. The Labute approximate surface area is 96.2 Å². The van der Waals surface area contributed by atoms with Crippen molar-refractivity contribution < 1.29 is 4.42 Å². The lowest BCUT2D eigenvalue weighted by atomic mass is 9.98. The van der Waals surface area contributed by atoms with Gasteiger partial charge in [0.05, 0.1) is 12.3 Å². The van der Waals surface area contributed by atoms with Crippen molar-refractivity contribution in [1.82, 2.24) is 4.90 Å². The van der Waals surface area contributed by atoms with Crippen molar-refractivity contribution in [2.24, 2.45) is 5.92 Å². The summed E-state index contributed by atoms with van der Waals surface area (Å²) in [4.78, 5) is 2.44. The Morgan fingerprint density at radius 3 is 2.80 bits per heavy atom. The van der Waals surface area contributed by atoms with Crippen LogP contribution in [0.5, 0.6) is 0 Å². The molecule has 0 radical (unpaired) electrons. The molecule has 15 heavy (non-hydrogen) atoms. The van der Waals surface area contributed by atoms with E-state index in [9.17, 15) is 0 Å². The number of rotatable bonds is 3. The fourth-order valence-electron chi connectivity index (χ4n) is 2.17. The minimum Gasteiger partial charge on any atom is -0.468 e. The number of halogens is 1. The summed E-state index contributed by atoms with van der Waals surface area (Å²) in [5, 5.41) is 0. The first kappa shape index (κ1) is 11.0. The van der Waals surface area contributed by atoms with E-state index in [1.54, 1.807) is 6.26 Å². The number of nitrogens with zero attached hydrogens (tertiary/aromatic N) is 1. The highest BCUT2D eigenvalue weighted by Gasteiger charge is 2.25. The molecule has 1 aliphatic heterocycles. The Morgan fingerprint density at radius 1 is 1.53 bits per heavy atom. The lowest BCUT2D eigenvalue weighted by molar-refractivity contribution is 0.135. The van der Waals surface area contributed by atoms with Gasteiger partial charge >= 0.3 is 0 Å². The quantitative estimate of drug-likeness (QED) is 0.737. The molecule has 1 aromatic heterocycles. The van der Waals surface area contributed by atoms with Crippen molar-refractivity contribution in [1.29, 1.82) is 0 Å². The maximum Gasteiger partial charge on any atom is 0.122 e. The molecular weight excluding hydrogens is 210 g/mol. The standard InChI is InChI=1S/C12H18ClNO/c1-10-4-6-14(7-5-10)11(9-13)12-3-2-8-15-12/h2-3,8,10-11H,4-7,9H2,1H3. The predicted molar refractivity (Wildman–Crippen MR) is 62.1 cm³/mol. The van der Waals surface area contributed by atoms with Crippen molar-refractivity contribution in [2.45, 2.75) is 25.8 Å². The van der Waals surface area contributed by atoms with E-state index in [0.717, 1.165) is 24.8 Å². The zero-order chi connectivity index (χ0) is 10.7. The third kappa shape index (κ3) is 2.56. The number of likely N-dealkylation sites (tertiary alicyclic amines) is 1. The predicted octanol–water partition coefficient (Wildman–Crippen LogP) is 3.29. The largest absolute Gasteiger partial charge is 0.468 e. The average molecular weight is 228 g/mol.